The summed E-state index contributed by atoms with van der Waals surface area (Å²) in [5, 5.41) is 0.131. The molecule has 2 nitrogen and oxygen atoms in total. The Kier molecular flexibility index (Phi) is 3.30. The van der Waals surface area contributed by atoms with Crippen molar-refractivity contribution in [3.8, 4) is 0 Å². The molecular weight excluding hydrogens is 194 g/mol. The van der Waals surface area contributed by atoms with Gasteiger partial charge in [0, 0.05) is 20.7 Å². The van der Waals surface area contributed by atoms with Crippen molar-refractivity contribution in [1.82, 2.24) is 0 Å². The maximum atomic E-state index is 12.0. The van der Waals surface area contributed by atoms with E-state index in [0.29, 0.717) is 11.7 Å². The second-order valence-corrected chi connectivity index (χ2v) is 8.25. The van der Waals surface area contributed by atoms with Gasteiger partial charge in [-0.2, -0.15) is 0 Å². The third-order valence-corrected chi connectivity index (χ3v) is 5.61. The van der Waals surface area contributed by atoms with Gasteiger partial charge >= 0.3 is 0 Å². The van der Waals surface area contributed by atoms with Crippen molar-refractivity contribution in [2.45, 2.75) is 52.2 Å². The first-order valence-corrected chi connectivity index (χ1v) is 7.31. The minimum absolute atomic E-state index is 0.131. The zero-order chi connectivity index (χ0) is 11.0. The van der Waals surface area contributed by atoms with Gasteiger partial charge in [-0.05, 0) is 30.6 Å². The van der Waals surface area contributed by atoms with E-state index in [1.54, 1.807) is 0 Å². The molecule has 1 N–H and O–H groups in total. The van der Waals surface area contributed by atoms with Crippen LogP contribution in [-0.2, 0) is 9.73 Å². The van der Waals surface area contributed by atoms with E-state index in [1.807, 2.05) is 6.92 Å². The summed E-state index contributed by atoms with van der Waals surface area (Å²) in [6.07, 6.45) is 3.16. The molecule has 1 fully saturated rings. The van der Waals surface area contributed by atoms with E-state index in [2.05, 4.69) is 20.8 Å². The SMILES string of the molecule is CCS(=N)(=O)C1CC(C)CC(C)(C)C1. The van der Waals surface area contributed by atoms with Crippen LogP contribution in [0.1, 0.15) is 47.0 Å². The molecule has 3 atom stereocenters. The standard InChI is InChI=1S/C11H23NOS/c1-5-14(12,13)10-6-9(2)7-11(3,4)8-10/h9-10,12H,5-8H2,1-4H3. The van der Waals surface area contributed by atoms with E-state index in [9.17, 15) is 4.21 Å². The molecule has 1 aliphatic rings. The van der Waals surface area contributed by atoms with E-state index >= 15 is 0 Å². The third kappa shape index (κ3) is 2.72. The van der Waals surface area contributed by atoms with Gasteiger partial charge in [0.25, 0.3) is 0 Å². The van der Waals surface area contributed by atoms with Crippen LogP contribution in [0.3, 0.4) is 0 Å². The van der Waals surface area contributed by atoms with Crippen LogP contribution in [0.2, 0.25) is 0 Å². The zero-order valence-electron chi connectivity index (χ0n) is 9.80. The molecule has 0 saturated heterocycles. The molecular formula is C11H23NOS. The van der Waals surface area contributed by atoms with E-state index in [4.69, 9.17) is 4.78 Å². The fourth-order valence-corrected chi connectivity index (χ4v) is 4.62. The quantitative estimate of drug-likeness (QED) is 0.757. The van der Waals surface area contributed by atoms with Crippen LogP contribution in [0, 0.1) is 16.1 Å². The lowest BCUT2D eigenvalue weighted by atomic mass is 9.73. The van der Waals surface area contributed by atoms with Crippen molar-refractivity contribution in [2.75, 3.05) is 5.75 Å². The molecule has 14 heavy (non-hydrogen) atoms. The summed E-state index contributed by atoms with van der Waals surface area (Å²) >= 11 is 0. The Morgan fingerprint density at radius 3 is 2.43 bits per heavy atom. The first-order chi connectivity index (χ1) is 6.27. The number of hydrogen-bond acceptors (Lipinski definition) is 2. The minimum Gasteiger partial charge on any atom is -0.253 e. The Labute approximate surface area is 88.5 Å². The van der Waals surface area contributed by atoms with Crippen LogP contribution < -0.4 is 0 Å². The largest absolute Gasteiger partial charge is 0.253 e. The van der Waals surface area contributed by atoms with Crippen molar-refractivity contribution < 1.29 is 4.21 Å². The summed E-state index contributed by atoms with van der Waals surface area (Å²) in [5.41, 5.74) is 0.279. The molecule has 1 aliphatic carbocycles. The molecule has 0 aromatic carbocycles. The lowest BCUT2D eigenvalue weighted by Gasteiger charge is -2.39. The van der Waals surface area contributed by atoms with Gasteiger partial charge in [-0.15, -0.1) is 0 Å². The average molecular weight is 217 g/mol. The highest BCUT2D eigenvalue weighted by molar-refractivity contribution is 7.93. The maximum Gasteiger partial charge on any atom is 0.0468 e. The summed E-state index contributed by atoms with van der Waals surface area (Å²) in [6, 6.07) is 0. The normalized spacial score (nSPS) is 36.3. The predicted octanol–water partition coefficient (Wildman–Crippen LogP) is 3.27. The van der Waals surface area contributed by atoms with Crippen LogP contribution in [0.15, 0.2) is 0 Å². The van der Waals surface area contributed by atoms with Crippen molar-refractivity contribution in [3.63, 3.8) is 0 Å². The summed E-state index contributed by atoms with van der Waals surface area (Å²) in [4.78, 5) is 0. The van der Waals surface area contributed by atoms with Crippen LogP contribution in [0.5, 0.6) is 0 Å². The summed E-state index contributed by atoms with van der Waals surface area (Å²) in [7, 11) is -2.33. The monoisotopic (exact) mass is 217 g/mol. The van der Waals surface area contributed by atoms with Crippen molar-refractivity contribution in [3.05, 3.63) is 0 Å². The van der Waals surface area contributed by atoms with Gasteiger partial charge in [-0.25, -0.2) is 4.21 Å². The number of hydrogen-bond donors (Lipinski definition) is 1. The Morgan fingerprint density at radius 2 is 2.00 bits per heavy atom. The lowest BCUT2D eigenvalue weighted by Crippen LogP contribution is -2.36. The smallest absolute Gasteiger partial charge is 0.0468 e. The maximum absolute atomic E-state index is 12.0. The van der Waals surface area contributed by atoms with E-state index in [-0.39, 0.29) is 10.7 Å². The molecule has 0 bridgehead atoms. The molecule has 0 aliphatic heterocycles. The molecule has 0 aromatic rings. The molecule has 3 heteroatoms. The second kappa shape index (κ2) is 3.84. The first kappa shape index (κ1) is 12.0. The zero-order valence-corrected chi connectivity index (χ0v) is 10.6. The molecule has 1 rings (SSSR count). The fraction of sp³-hybridized carbons (Fsp3) is 1.00. The molecule has 84 valence electrons. The summed E-state index contributed by atoms with van der Waals surface area (Å²) in [5.74, 6) is 1.14. The van der Waals surface area contributed by atoms with Gasteiger partial charge in [0.05, 0.1) is 0 Å². The van der Waals surface area contributed by atoms with Gasteiger partial charge in [0.2, 0.25) is 0 Å². The average Bonchev–Trinajstić information content (AvgIpc) is 2.00. The van der Waals surface area contributed by atoms with Gasteiger partial charge in [-0.1, -0.05) is 27.7 Å². The molecule has 0 spiro atoms. The number of nitrogens with one attached hydrogen (secondary N) is 1. The molecule has 1 saturated carbocycles. The van der Waals surface area contributed by atoms with Gasteiger partial charge in [0.15, 0.2) is 0 Å². The van der Waals surface area contributed by atoms with Crippen molar-refractivity contribution in [2.24, 2.45) is 11.3 Å². The molecule has 3 unspecified atom stereocenters. The first-order valence-electron chi connectivity index (χ1n) is 5.52. The second-order valence-electron chi connectivity index (χ2n) is 5.55. The van der Waals surface area contributed by atoms with E-state index < -0.39 is 9.73 Å². The van der Waals surface area contributed by atoms with E-state index in [0.717, 1.165) is 12.8 Å². The van der Waals surface area contributed by atoms with Gasteiger partial charge in [0.1, 0.15) is 0 Å². The van der Waals surface area contributed by atoms with Gasteiger partial charge in [-0.3, -0.25) is 4.78 Å². The Bertz CT molecular complexity index is 292. The Balaban J connectivity index is 2.82. The third-order valence-electron chi connectivity index (χ3n) is 3.31. The van der Waals surface area contributed by atoms with Gasteiger partial charge < -0.3 is 0 Å². The van der Waals surface area contributed by atoms with Crippen LogP contribution in [0.4, 0.5) is 0 Å². The highest BCUT2D eigenvalue weighted by Gasteiger charge is 2.36. The summed E-state index contributed by atoms with van der Waals surface area (Å²) < 4.78 is 19.9. The molecule has 0 radical (unpaired) electrons. The molecule has 0 amide bonds. The van der Waals surface area contributed by atoms with Crippen molar-refractivity contribution >= 4 is 9.73 Å². The number of rotatable bonds is 2. The van der Waals surface area contributed by atoms with Crippen LogP contribution in [-0.4, -0.2) is 15.2 Å². The Morgan fingerprint density at radius 1 is 1.43 bits per heavy atom. The molecule has 0 heterocycles. The lowest BCUT2D eigenvalue weighted by molar-refractivity contribution is 0.195. The Hall–Kier alpha value is -0.0500. The highest BCUT2D eigenvalue weighted by Crippen LogP contribution is 2.41. The van der Waals surface area contributed by atoms with Crippen LogP contribution >= 0.6 is 0 Å². The van der Waals surface area contributed by atoms with Crippen molar-refractivity contribution in [1.29, 1.82) is 4.78 Å². The highest BCUT2D eigenvalue weighted by atomic mass is 32.2. The fourth-order valence-electron chi connectivity index (χ4n) is 2.78. The minimum atomic E-state index is -2.33. The summed E-state index contributed by atoms with van der Waals surface area (Å²) in [6.45, 7) is 8.57. The van der Waals surface area contributed by atoms with Crippen LogP contribution in [0.25, 0.3) is 0 Å². The van der Waals surface area contributed by atoms with E-state index in [1.165, 1.54) is 6.42 Å². The topological polar surface area (TPSA) is 40.9 Å². The predicted molar refractivity (Wildman–Crippen MR) is 62.0 cm³/mol. The molecule has 0 aromatic heterocycles.